The lowest BCUT2D eigenvalue weighted by atomic mass is 10.2. The molecule has 0 aromatic carbocycles. The topological polar surface area (TPSA) is 36.4 Å². The molecule has 1 aliphatic heterocycles. The Labute approximate surface area is 95.9 Å². The van der Waals surface area contributed by atoms with Gasteiger partial charge in [-0.05, 0) is 25.0 Å². The van der Waals surface area contributed by atoms with Gasteiger partial charge in [0, 0.05) is 33.4 Å². The molecule has 1 fully saturated rings. The van der Waals surface area contributed by atoms with Crippen molar-refractivity contribution >= 4 is 11.7 Å². The summed E-state index contributed by atoms with van der Waals surface area (Å²) in [5, 5.41) is 0. The molecule has 2 heterocycles. The van der Waals surface area contributed by atoms with Crippen molar-refractivity contribution in [3.8, 4) is 0 Å². The van der Waals surface area contributed by atoms with Crippen LogP contribution in [0.2, 0.25) is 0 Å². The molecular formula is C12H17N3O. The van der Waals surface area contributed by atoms with Crippen LogP contribution in [0.1, 0.15) is 23.2 Å². The van der Waals surface area contributed by atoms with Crippen LogP contribution in [0.15, 0.2) is 18.3 Å². The van der Waals surface area contributed by atoms with Crippen LogP contribution < -0.4 is 4.90 Å². The van der Waals surface area contributed by atoms with Gasteiger partial charge in [0.1, 0.15) is 5.82 Å². The molecule has 0 bridgehead atoms. The van der Waals surface area contributed by atoms with Crippen LogP contribution in [-0.4, -0.2) is 43.0 Å². The molecule has 0 aliphatic carbocycles. The Balaban J connectivity index is 2.28. The van der Waals surface area contributed by atoms with Gasteiger partial charge in [-0.25, -0.2) is 4.98 Å². The van der Waals surface area contributed by atoms with E-state index in [1.165, 1.54) is 0 Å². The molecule has 1 saturated heterocycles. The Hall–Kier alpha value is -1.58. The van der Waals surface area contributed by atoms with Gasteiger partial charge in [0.2, 0.25) is 0 Å². The summed E-state index contributed by atoms with van der Waals surface area (Å²) in [7, 11) is 3.81. The van der Waals surface area contributed by atoms with Crippen LogP contribution in [0, 0.1) is 0 Å². The number of nitrogens with zero attached hydrogens (tertiary/aromatic N) is 3. The Morgan fingerprint density at radius 1 is 1.38 bits per heavy atom. The number of anilines is 1. The summed E-state index contributed by atoms with van der Waals surface area (Å²) in [6.45, 7) is 1.75. The lowest BCUT2D eigenvalue weighted by Gasteiger charge is -2.19. The zero-order valence-electron chi connectivity index (χ0n) is 9.81. The maximum absolute atomic E-state index is 12.2. The van der Waals surface area contributed by atoms with Gasteiger partial charge in [-0.3, -0.25) is 4.79 Å². The quantitative estimate of drug-likeness (QED) is 0.754. The highest BCUT2D eigenvalue weighted by Crippen LogP contribution is 2.19. The average molecular weight is 219 g/mol. The molecule has 0 atom stereocenters. The van der Waals surface area contributed by atoms with Crippen molar-refractivity contribution in [2.24, 2.45) is 0 Å². The summed E-state index contributed by atoms with van der Waals surface area (Å²) >= 11 is 0. The number of amides is 1. The van der Waals surface area contributed by atoms with E-state index >= 15 is 0 Å². The monoisotopic (exact) mass is 219 g/mol. The normalized spacial score (nSPS) is 15.2. The van der Waals surface area contributed by atoms with Gasteiger partial charge >= 0.3 is 0 Å². The summed E-state index contributed by atoms with van der Waals surface area (Å²) in [5.74, 6) is 0.855. The average Bonchev–Trinajstić information content (AvgIpc) is 2.81. The van der Waals surface area contributed by atoms with Crippen LogP contribution >= 0.6 is 0 Å². The molecule has 4 heteroatoms. The van der Waals surface area contributed by atoms with Crippen molar-refractivity contribution in [2.75, 3.05) is 32.1 Å². The molecule has 1 aromatic rings. The molecule has 0 saturated carbocycles. The van der Waals surface area contributed by atoms with Crippen molar-refractivity contribution < 1.29 is 4.79 Å². The Bertz CT molecular complexity index is 384. The largest absolute Gasteiger partial charge is 0.362 e. The number of carbonyl (C=O) groups excluding carboxylic acids is 1. The molecule has 86 valence electrons. The van der Waals surface area contributed by atoms with Crippen LogP contribution in [0.4, 0.5) is 5.82 Å². The van der Waals surface area contributed by atoms with Gasteiger partial charge in [-0.1, -0.05) is 0 Å². The van der Waals surface area contributed by atoms with Gasteiger partial charge < -0.3 is 9.80 Å². The Morgan fingerprint density at radius 2 is 2.06 bits per heavy atom. The van der Waals surface area contributed by atoms with E-state index in [2.05, 4.69) is 4.98 Å². The number of hydrogen-bond donors (Lipinski definition) is 0. The fourth-order valence-corrected chi connectivity index (χ4v) is 2.01. The number of aromatic nitrogens is 1. The first-order valence-corrected chi connectivity index (χ1v) is 5.62. The van der Waals surface area contributed by atoms with Crippen molar-refractivity contribution in [1.82, 2.24) is 9.88 Å². The SMILES string of the molecule is CN(C)c1ncccc1C(=O)N1CCCC1. The van der Waals surface area contributed by atoms with E-state index in [9.17, 15) is 4.79 Å². The third kappa shape index (κ3) is 2.01. The van der Waals surface area contributed by atoms with Crippen LogP contribution in [0.25, 0.3) is 0 Å². The van der Waals surface area contributed by atoms with E-state index in [1.807, 2.05) is 36.0 Å². The van der Waals surface area contributed by atoms with Gasteiger partial charge in [0.25, 0.3) is 5.91 Å². The predicted octanol–water partition coefficient (Wildman–Crippen LogP) is 1.38. The van der Waals surface area contributed by atoms with Gasteiger partial charge in [-0.2, -0.15) is 0 Å². The molecule has 1 aliphatic rings. The second kappa shape index (κ2) is 4.51. The molecule has 0 radical (unpaired) electrons. The first-order valence-electron chi connectivity index (χ1n) is 5.62. The first-order chi connectivity index (χ1) is 7.70. The molecule has 1 aromatic heterocycles. The van der Waals surface area contributed by atoms with Gasteiger partial charge in [-0.15, -0.1) is 0 Å². The van der Waals surface area contributed by atoms with E-state index in [0.29, 0.717) is 5.56 Å². The second-order valence-electron chi connectivity index (χ2n) is 4.27. The van der Waals surface area contributed by atoms with E-state index in [4.69, 9.17) is 0 Å². The van der Waals surface area contributed by atoms with Crippen LogP contribution in [0.5, 0.6) is 0 Å². The number of pyridine rings is 1. The molecule has 2 rings (SSSR count). The van der Waals surface area contributed by atoms with E-state index in [-0.39, 0.29) is 5.91 Å². The summed E-state index contributed by atoms with van der Waals surface area (Å²) < 4.78 is 0. The summed E-state index contributed by atoms with van der Waals surface area (Å²) in [5.41, 5.74) is 0.703. The third-order valence-electron chi connectivity index (χ3n) is 2.83. The lowest BCUT2D eigenvalue weighted by molar-refractivity contribution is 0.0793. The molecular weight excluding hydrogens is 202 g/mol. The molecule has 1 amide bonds. The number of hydrogen-bond acceptors (Lipinski definition) is 3. The molecule has 4 nitrogen and oxygen atoms in total. The number of likely N-dealkylation sites (tertiary alicyclic amines) is 1. The minimum atomic E-state index is 0.106. The predicted molar refractivity (Wildman–Crippen MR) is 63.7 cm³/mol. The van der Waals surface area contributed by atoms with E-state index < -0.39 is 0 Å². The maximum Gasteiger partial charge on any atom is 0.257 e. The fraction of sp³-hybridized carbons (Fsp3) is 0.500. The zero-order valence-corrected chi connectivity index (χ0v) is 9.81. The Morgan fingerprint density at radius 3 is 2.69 bits per heavy atom. The maximum atomic E-state index is 12.2. The van der Waals surface area contributed by atoms with E-state index in [1.54, 1.807) is 6.20 Å². The van der Waals surface area contributed by atoms with Gasteiger partial charge in [0.05, 0.1) is 5.56 Å². The zero-order chi connectivity index (χ0) is 11.5. The third-order valence-corrected chi connectivity index (χ3v) is 2.83. The molecule has 0 unspecified atom stereocenters. The summed E-state index contributed by atoms with van der Waals surface area (Å²) in [6, 6.07) is 3.67. The summed E-state index contributed by atoms with van der Waals surface area (Å²) in [6.07, 6.45) is 3.95. The van der Waals surface area contributed by atoms with Crippen LogP contribution in [0.3, 0.4) is 0 Å². The highest BCUT2D eigenvalue weighted by atomic mass is 16.2. The van der Waals surface area contributed by atoms with E-state index in [0.717, 1.165) is 31.7 Å². The standard InChI is InChI=1S/C12H17N3O/c1-14(2)11-10(6-5-7-13-11)12(16)15-8-3-4-9-15/h5-7H,3-4,8-9H2,1-2H3. The highest BCUT2D eigenvalue weighted by molar-refractivity contribution is 5.98. The second-order valence-corrected chi connectivity index (χ2v) is 4.27. The Kier molecular flexibility index (Phi) is 3.08. The van der Waals surface area contributed by atoms with Crippen LogP contribution in [-0.2, 0) is 0 Å². The van der Waals surface area contributed by atoms with Crippen molar-refractivity contribution in [3.05, 3.63) is 23.9 Å². The van der Waals surface area contributed by atoms with Gasteiger partial charge in [0.15, 0.2) is 0 Å². The smallest absolute Gasteiger partial charge is 0.257 e. The highest BCUT2D eigenvalue weighted by Gasteiger charge is 2.22. The molecule has 16 heavy (non-hydrogen) atoms. The lowest BCUT2D eigenvalue weighted by Crippen LogP contribution is -2.29. The van der Waals surface area contributed by atoms with Crippen molar-refractivity contribution in [1.29, 1.82) is 0 Å². The minimum absolute atomic E-state index is 0.106. The van der Waals surface area contributed by atoms with Crippen molar-refractivity contribution in [2.45, 2.75) is 12.8 Å². The number of carbonyl (C=O) groups is 1. The summed E-state index contributed by atoms with van der Waals surface area (Å²) in [4.78, 5) is 20.3. The van der Waals surface area contributed by atoms with Crippen molar-refractivity contribution in [3.63, 3.8) is 0 Å². The molecule has 0 spiro atoms. The fourth-order valence-electron chi connectivity index (χ4n) is 2.01. The number of rotatable bonds is 2. The first kappa shape index (κ1) is 10.9. The molecule has 0 N–H and O–H groups in total. The minimum Gasteiger partial charge on any atom is -0.362 e.